The highest BCUT2D eigenvalue weighted by Gasteiger charge is 2.42. The van der Waals surface area contributed by atoms with Gasteiger partial charge in [-0.05, 0) is 69.7 Å². The Morgan fingerprint density at radius 1 is 1.20 bits per heavy atom. The minimum atomic E-state index is -1.04. The van der Waals surface area contributed by atoms with E-state index in [1.54, 1.807) is 7.11 Å². The Labute approximate surface area is 211 Å². The number of likely N-dealkylation sites (N-methyl/N-ethyl adjacent to an activating group) is 1. The van der Waals surface area contributed by atoms with Gasteiger partial charge in [0.1, 0.15) is 0 Å². The zero-order chi connectivity index (χ0) is 25.3. The average molecular weight is 482 g/mol. The fourth-order valence-corrected chi connectivity index (χ4v) is 5.26. The number of aryl methyl sites for hydroxylation is 1. The molecule has 6 heteroatoms. The number of amides is 2. The summed E-state index contributed by atoms with van der Waals surface area (Å²) in [5, 5.41) is 18.7. The number of likely N-dealkylation sites (tertiary alicyclic amines) is 1. The van der Waals surface area contributed by atoms with Crippen LogP contribution in [-0.4, -0.2) is 62.5 Å². The van der Waals surface area contributed by atoms with E-state index in [4.69, 9.17) is 4.74 Å². The molecule has 3 rings (SSSR count). The third kappa shape index (κ3) is 7.06. The zero-order valence-corrected chi connectivity index (χ0v) is 21.8. The number of piperidine rings is 1. The lowest BCUT2D eigenvalue weighted by Gasteiger charge is -2.43. The van der Waals surface area contributed by atoms with Crippen LogP contribution in [0, 0.1) is 12.8 Å². The van der Waals surface area contributed by atoms with Crippen molar-refractivity contribution in [3.8, 4) is 11.1 Å². The first-order valence-electron chi connectivity index (χ1n) is 13.0. The molecule has 1 fully saturated rings. The Hall–Kier alpha value is -2.41. The first kappa shape index (κ1) is 27.2. The van der Waals surface area contributed by atoms with Crippen LogP contribution in [0.3, 0.4) is 0 Å². The summed E-state index contributed by atoms with van der Waals surface area (Å²) in [6, 6.07) is 16.7. The minimum absolute atomic E-state index is 0.0445. The van der Waals surface area contributed by atoms with Gasteiger partial charge in [-0.15, -0.1) is 0 Å². The monoisotopic (exact) mass is 481 g/mol. The van der Waals surface area contributed by atoms with Crippen LogP contribution in [0.4, 0.5) is 4.79 Å². The summed E-state index contributed by atoms with van der Waals surface area (Å²) in [6.07, 6.45) is 4.15. The van der Waals surface area contributed by atoms with E-state index < -0.39 is 5.60 Å². The number of hydrogen-bond donors (Lipinski definition) is 3. The Balaban J connectivity index is 1.91. The van der Waals surface area contributed by atoms with E-state index in [9.17, 15) is 9.90 Å². The van der Waals surface area contributed by atoms with Crippen molar-refractivity contribution in [2.24, 2.45) is 5.92 Å². The van der Waals surface area contributed by atoms with E-state index in [0.29, 0.717) is 26.1 Å². The van der Waals surface area contributed by atoms with Gasteiger partial charge in [-0.25, -0.2) is 4.79 Å². The van der Waals surface area contributed by atoms with Gasteiger partial charge >= 0.3 is 6.03 Å². The van der Waals surface area contributed by atoms with Gasteiger partial charge in [0.05, 0.1) is 5.60 Å². The number of nitrogens with zero attached hydrogens (tertiary/aromatic N) is 1. The third-order valence-corrected chi connectivity index (χ3v) is 7.18. The Kier molecular flexibility index (Phi) is 10.1. The summed E-state index contributed by atoms with van der Waals surface area (Å²) in [5.74, 6) is -0.0456. The van der Waals surface area contributed by atoms with Crippen molar-refractivity contribution >= 4 is 6.03 Å². The first-order valence-corrected chi connectivity index (χ1v) is 13.0. The van der Waals surface area contributed by atoms with Crippen LogP contribution in [0.15, 0.2) is 48.5 Å². The molecule has 192 valence electrons. The summed E-state index contributed by atoms with van der Waals surface area (Å²) in [5.41, 5.74) is 3.29. The Bertz CT molecular complexity index is 933. The number of carbonyl (C=O) groups is 1. The molecular weight excluding hydrogens is 438 g/mol. The van der Waals surface area contributed by atoms with Crippen molar-refractivity contribution in [3.63, 3.8) is 0 Å². The molecule has 1 aliphatic heterocycles. The van der Waals surface area contributed by atoms with Gasteiger partial charge < -0.3 is 25.4 Å². The molecule has 0 unspecified atom stereocenters. The van der Waals surface area contributed by atoms with E-state index in [-0.39, 0.29) is 18.0 Å². The van der Waals surface area contributed by atoms with Crippen LogP contribution in [0.1, 0.15) is 50.2 Å². The second-order valence-electron chi connectivity index (χ2n) is 9.98. The molecule has 35 heavy (non-hydrogen) atoms. The van der Waals surface area contributed by atoms with E-state index in [1.165, 1.54) is 5.56 Å². The van der Waals surface area contributed by atoms with Gasteiger partial charge in [-0.3, -0.25) is 0 Å². The second kappa shape index (κ2) is 13.1. The lowest BCUT2D eigenvalue weighted by molar-refractivity contribution is -0.0559. The summed E-state index contributed by atoms with van der Waals surface area (Å²) < 4.78 is 5.27. The maximum atomic E-state index is 13.0. The van der Waals surface area contributed by atoms with Gasteiger partial charge in [0, 0.05) is 45.3 Å². The molecule has 0 aliphatic carbocycles. The number of aliphatic hydroxyl groups is 1. The van der Waals surface area contributed by atoms with Crippen LogP contribution in [0.5, 0.6) is 0 Å². The first-order chi connectivity index (χ1) is 16.9. The predicted molar refractivity (Wildman–Crippen MR) is 142 cm³/mol. The molecule has 0 bridgehead atoms. The fraction of sp³-hybridized carbons (Fsp3) is 0.552. The zero-order valence-electron chi connectivity index (χ0n) is 21.8. The molecule has 2 amide bonds. The molecule has 3 atom stereocenters. The highest BCUT2D eigenvalue weighted by Crippen LogP contribution is 2.43. The Morgan fingerprint density at radius 2 is 1.94 bits per heavy atom. The van der Waals surface area contributed by atoms with E-state index in [1.807, 2.05) is 31.0 Å². The quantitative estimate of drug-likeness (QED) is 0.407. The number of methoxy groups -OCH3 is 1. The van der Waals surface area contributed by atoms with E-state index in [0.717, 1.165) is 48.9 Å². The highest BCUT2D eigenvalue weighted by atomic mass is 16.5. The van der Waals surface area contributed by atoms with Gasteiger partial charge in [0.2, 0.25) is 0 Å². The average Bonchev–Trinajstić information content (AvgIpc) is 2.87. The summed E-state index contributed by atoms with van der Waals surface area (Å²) in [7, 11) is 3.60. The SMILES string of the molecule is CNC[C@H](C)NC(=O)N1CCC[C@@H]([C@@](O)(CCCCOC)c2ccccc2-c2ccc(C)cc2)C1. The van der Waals surface area contributed by atoms with Crippen molar-refractivity contribution in [2.75, 3.05) is 40.4 Å². The summed E-state index contributed by atoms with van der Waals surface area (Å²) in [4.78, 5) is 14.9. The van der Waals surface area contributed by atoms with E-state index in [2.05, 4.69) is 54.0 Å². The van der Waals surface area contributed by atoms with Gasteiger partial charge in [-0.1, -0.05) is 54.1 Å². The van der Waals surface area contributed by atoms with Crippen LogP contribution < -0.4 is 10.6 Å². The van der Waals surface area contributed by atoms with Crippen molar-refractivity contribution in [3.05, 3.63) is 59.7 Å². The number of hydrogen-bond acceptors (Lipinski definition) is 4. The van der Waals surface area contributed by atoms with Crippen molar-refractivity contribution in [1.29, 1.82) is 0 Å². The van der Waals surface area contributed by atoms with Crippen LogP contribution in [0.2, 0.25) is 0 Å². The molecule has 0 radical (unpaired) electrons. The molecule has 2 aromatic rings. The van der Waals surface area contributed by atoms with Crippen molar-refractivity contribution < 1.29 is 14.6 Å². The number of benzene rings is 2. The van der Waals surface area contributed by atoms with Crippen molar-refractivity contribution in [2.45, 2.75) is 57.6 Å². The van der Waals surface area contributed by atoms with Gasteiger partial charge in [-0.2, -0.15) is 0 Å². The number of carbonyl (C=O) groups excluding carboxylic acids is 1. The minimum Gasteiger partial charge on any atom is -0.385 e. The molecular formula is C29H43N3O3. The lowest BCUT2D eigenvalue weighted by atomic mass is 9.72. The third-order valence-electron chi connectivity index (χ3n) is 7.18. The molecule has 1 heterocycles. The molecule has 2 aromatic carbocycles. The molecule has 0 spiro atoms. The van der Waals surface area contributed by atoms with Gasteiger partial charge in [0.15, 0.2) is 0 Å². The second-order valence-corrected chi connectivity index (χ2v) is 9.98. The van der Waals surface area contributed by atoms with Crippen LogP contribution >= 0.6 is 0 Å². The maximum absolute atomic E-state index is 13.0. The standard InChI is InChI=1S/C29H43N3O3/c1-22-13-15-24(16-14-22)26-11-5-6-12-27(26)29(34,17-7-8-19-35-4)25-10-9-18-32(21-25)28(33)31-23(2)20-30-3/h5-6,11-16,23,25,30,34H,7-10,17-21H2,1-4H3,(H,31,33)/t23-,25+,29-/m0/s1. The van der Waals surface area contributed by atoms with Crippen LogP contribution in [-0.2, 0) is 10.3 Å². The maximum Gasteiger partial charge on any atom is 0.317 e. The highest BCUT2D eigenvalue weighted by molar-refractivity contribution is 5.74. The predicted octanol–water partition coefficient (Wildman–Crippen LogP) is 4.70. The normalized spacial score (nSPS) is 18.7. The largest absolute Gasteiger partial charge is 0.385 e. The topological polar surface area (TPSA) is 73.8 Å². The molecule has 1 aliphatic rings. The lowest BCUT2D eigenvalue weighted by Crippen LogP contribution is -2.53. The summed E-state index contributed by atoms with van der Waals surface area (Å²) >= 11 is 0. The molecule has 0 saturated carbocycles. The van der Waals surface area contributed by atoms with Gasteiger partial charge in [0.25, 0.3) is 0 Å². The molecule has 3 N–H and O–H groups in total. The molecule has 1 saturated heterocycles. The molecule has 0 aromatic heterocycles. The number of nitrogens with one attached hydrogen (secondary N) is 2. The summed E-state index contributed by atoms with van der Waals surface area (Å²) in [6.45, 7) is 6.74. The number of rotatable bonds is 11. The number of ether oxygens (including phenoxy) is 1. The van der Waals surface area contributed by atoms with E-state index >= 15 is 0 Å². The Morgan fingerprint density at radius 3 is 2.66 bits per heavy atom. The van der Waals surface area contributed by atoms with Crippen molar-refractivity contribution in [1.82, 2.24) is 15.5 Å². The smallest absolute Gasteiger partial charge is 0.317 e. The number of unbranched alkanes of at least 4 members (excludes halogenated alkanes) is 1. The fourth-order valence-electron chi connectivity index (χ4n) is 5.26. The number of urea groups is 1. The van der Waals surface area contributed by atoms with Crippen LogP contribution in [0.25, 0.3) is 11.1 Å². The molecule has 6 nitrogen and oxygen atoms in total.